The van der Waals surface area contributed by atoms with Crippen LogP contribution in [0.3, 0.4) is 0 Å². The Morgan fingerprint density at radius 3 is 2.23 bits per heavy atom. The van der Waals surface area contributed by atoms with Crippen molar-refractivity contribution in [3.8, 4) is 11.1 Å². The van der Waals surface area contributed by atoms with E-state index in [1.807, 2.05) is 66.7 Å². The zero-order valence-corrected chi connectivity index (χ0v) is 26.5. The first-order valence-corrected chi connectivity index (χ1v) is 16.0. The van der Waals surface area contributed by atoms with Crippen LogP contribution in [0.15, 0.2) is 97.1 Å². The Labute approximate surface area is 274 Å². The van der Waals surface area contributed by atoms with Gasteiger partial charge in [-0.2, -0.15) is 0 Å². The number of amides is 1. The second-order valence-electron chi connectivity index (χ2n) is 12.1. The van der Waals surface area contributed by atoms with Crippen LogP contribution in [0, 0.1) is 10.1 Å². The number of rotatable bonds is 10. The number of carbonyl (C=O) groups is 1. The highest BCUT2D eigenvalue weighted by Crippen LogP contribution is 2.39. The van der Waals surface area contributed by atoms with Crippen LogP contribution in [0.5, 0.6) is 0 Å². The summed E-state index contributed by atoms with van der Waals surface area (Å²) in [6, 6.07) is 31.0. The Hall–Kier alpha value is -4.61. The second kappa shape index (κ2) is 14.9. The number of nitro groups is 1. The van der Waals surface area contributed by atoms with Crippen LogP contribution in [-0.2, 0) is 27.4 Å². The Morgan fingerprint density at radius 2 is 1.57 bits per heavy atom. The summed E-state index contributed by atoms with van der Waals surface area (Å²) >= 11 is 0. The fourth-order valence-corrected chi connectivity index (χ4v) is 6.29. The van der Waals surface area contributed by atoms with Crippen molar-refractivity contribution in [3.05, 3.63) is 129 Å². The van der Waals surface area contributed by atoms with E-state index in [0.29, 0.717) is 13.0 Å². The van der Waals surface area contributed by atoms with Crippen molar-refractivity contribution in [3.63, 3.8) is 0 Å². The number of aliphatic hydroxyl groups excluding tert-OH is 1. The SMILES string of the molecule is CC(=O)NCc1ccccc1-c1ccc([C@H]2O[C@@H](CN3CCN(c4ccc([N+](=O)[O-])cc4)CC3)C[C@@H](c3ccc(CO)cc3)O2)cc1. The molecule has 2 fully saturated rings. The maximum Gasteiger partial charge on any atom is 0.269 e. The average molecular weight is 637 g/mol. The van der Waals surface area contributed by atoms with Gasteiger partial charge in [-0.15, -0.1) is 0 Å². The molecule has 47 heavy (non-hydrogen) atoms. The lowest BCUT2D eigenvalue weighted by atomic mass is 9.97. The minimum Gasteiger partial charge on any atom is -0.392 e. The largest absolute Gasteiger partial charge is 0.392 e. The molecule has 0 unspecified atom stereocenters. The molecule has 0 bridgehead atoms. The van der Waals surface area contributed by atoms with E-state index in [0.717, 1.165) is 71.8 Å². The lowest BCUT2D eigenvalue weighted by Gasteiger charge is -2.41. The Morgan fingerprint density at radius 1 is 0.894 bits per heavy atom. The minimum absolute atomic E-state index is 0.00763. The fraction of sp³-hybridized carbons (Fsp3) is 0.324. The Balaban J connectivity index is 1.16. The monoisotopic (exact) mass is 636 g/mol. The summed E-state index contributed by atoms with van der Waals surface area (Å²) in [5.41, 5.74) is 7.07. The molecule has 3 atom stereocenters. The van der Waals surface area contributed by atoms with Gasteiger partial charge >= 0.3 is 0 Å². The first-order chi connectivity index (χ1) is 22.9. The van der Waals surface area contributed by atoms with E-state index in [9.17, 15) is 20.0 Å². The van der Waals surface area contributed by atoms with Gasteiger partial charge in [0.05, 0.1) is 23.7 Å². The highest BCUT2D eigenvalue weighted by atomic mass is 16.7. The van der Waals surface area contributed by atoms with Gasteiger partial charge in [0.15, 0.2) is 6.29 Å². The number of aliphatic hydroxyl groups is 1. The van der Waals surface area contributed by atoms with Crippen molar-refractivity contribution in [1.29, 1.82) is 0 Å². The zero-order valence-electron chi connectivity index (χ0n) is 26.5. The van der Waals surface area contributed by atoms with Gasteiger partial charge in [0.1, 0.15) is 0 Å². The van der Waals surface area contributed by atoms with Crippen LogP contribution in [-0.4, -0.2) is 59.7 Å². The Bertz CT molecular complexity index is 1650. The van der Waals surface area contributed by atoms with Crippen LogP contribution in [0.25, 0.3) is 11.1 Å². The fourth-order valence-electron chi connectivity index (χ4n) is 6.29. The molecule has 0 aromatic heterocycles. The number of anilines is 1. The smallest absolute Gasteiger partial charge is 0.269 e. The lowest BCUT2D eigenvalue weighted by Crippen LogP contribution is -2.49. The first kappa shape index (κ1) is 32.3. The van der Waals surface area contributed by atoms with Gasteiger partial charge in [0.2, 0.25) is 5.91 Å². The standard InChI is InChI=1S/C37H40N4O6/c1-26(43)38-23-31-4-2-3-5-35(31)28-10-12-30(13-11-28)37-46-34(22-36(47-37)29-8-6-27(25-42)7-9-29)24-39-18-20-40(21-19-39)32-14-16-33(17-15-32)41(44)45/h2-17,34,36-37,42H,18-25H2,1H3,(H,38,43)/t34-,36+,37+/m1/s1. The number of hydrogen-bond acceptors (Lipinski definition) is 8. The van der Waals surface area contributed by atoms with Crippen LogP contribution in [0.1, 0.15) is 48.0 Å². The van der Waals surface area contributed by atoms with Gasteiger partial charge in [-0.25, -0.2) is 0 Å². The third-order valence-electron chi connectivity index (χ3n) is 8.91. The summed E-state index contributed by atoms with van der Waals surface area (Å²) in [6.07, 6.45) is -0.0980. The molecule has 244 valence electrons. The van der Waals surface area contributed by atoms with Crippen LogP contribution in [0.2, 0.25) is 0 Å². The van der Waals surface area contributed by atoms with Crippen molar-refractivity contribution < 1.29 is 24.3 Å². The van der Waals surface area contributed by atoms with E-state index >= 15 is 0 Å². The number of nitro benzene ring substituents is 1. The number of nitrogens with zero attached hydrogens (tertiary/aromatic N) is 3. The maximum atomic E-state index is 11.5. The van der Waals surface area contributed by atoms with E-state index in [-0.39, 0.29) is 35.3 Å². The normalized spacial score (nSPS) is 20.1. The first-order valence-electron chi connectivity index (χ1n) is 16.0. The molecule has 2 saturated heterocycles. The molecule has 0 spiro atoms. The Kier molecular flexibility index (Phi) is 10.2. The summed E-state index contributed by atoms with van der Waals surface area (Å²) in [5.74, 6) is -0.0665. The molecule has 6 rings (SSSR count). The van der Waals surface area contributed by atoms with Crippen molar-refractivity contribution in [2.45, 2.75) is 45.0 Å². The van der Waals surface area contributed by atoms with Crippen LogP contribution < -0.4 is 10.2 Å². The van der Waals surface area contributed by atoms with E-state index in [4.69, 9.17) is 9.47 Å². The van der Waals surface area contributed by atoms with E-state index in [1.165, 1.54) is 6.92 Å². The van der Waals surface area contributed by atoms with Gasteiger partial charge in [-0.3, -0.25) is 19.8 Å². The molecule has 10 heteroatoms. The van der Waals surface area contributed by atoms with Crippen molar-refractivity contribution in [1.82, 2.24) is 10.2 Å². The van der Waals surface area contributed by atoms with Crippen LogP contribution >= 0.6 is 0 Å². The molecule has 4 aromatic rings. The zero-order chi connectivity index (χ0) is 32.8. The number of piperazine rings is 1. The topological polar surface area (TPSA) is 117 Å². The summed E-state index contributed by atoms with van der Waals surface area (Å²) in [6.45, 7) is 6.08. The molecule has 2 N–H and O–H groups in total. The number of non-ortho nitro benzene ring substituents is 1. The van der Waals surface area contributed by atoms with Gasteiger partial charge in [-0.05, 0) is 39.9 Å². The number of benzene rings is 4. The minimum atomic E-state index is -0.554. The summed E-state index contributed by atoms with van der Waals surface area (Å²) in [7, 11) is 0. The highest BCUT2D eigenvalue weighted by Gasteiger charge is 2.34. The van der Waals surface area contributed by atoms with E-state index < -0.39 is 6.29 Å². The van der Waals surface area contributed by atoms with Crippen LogP contribution in [0.4, 0.5) is 11.4 Å². The number of ether oxygens (including phenoxy) is 2. The molecule has 0 radical (unpaired) electrons. The molecular formula is C37H40N4O6. The summed E-state index contributed by atoms with van der Waals surface area (Å²) in [5, 5.41) is 23.5. The van der Waals surface area contributed by atoms with Crippen molar-refractivity contribution in [2.24, 2.45) is 0 Å². The molecule has 0 saturated carbocycles. The summed E-state index contributed by atoms with van der Waals surface area (Å²) in [4.78, 5) is 26.9. The number of hydrogen-bond donors (Lipinski definition) is 2. The number of carbonyl (C=O) groups excluding carboxylic acids is 1. The third kappa shape index (κ3) is 8.04. The maximum absolute atomic E-state index is 11.5. The molecule has 2 heterocycles. The van der Waals surface area contributed by atoms with Gasteiger partial charge in [-0.1, -0.05) is 72.8 Å². The highest BCUT2D eigenvalue weighted by molar-refractivity contribution is 5.74. The molecule has 1 amide bonds. The third-order valence-corrected chi connectivity index (χ3v) is 8.91. The molecule has 2 aliphatic rings. The predicted octanol–water partition coefficient (Wildman–Crippen LogP) is 5.76. The lowest BCUT2D eigenvalue weighted by molar-refractivity contribution is -0.384. The van der Waals surface area contributed by atoms with E-state index in [2.05, 4.69) is 33.3 Å². The molecular weight excluding hydrogens is 596 g/mol. The van der Waals surface area contributed by atoms with Crippen molar-refractivity contribution in [2.75, 3.05) is 37.6 Å². The van der Waals surface area contributed by atoms with Gasteiger partial charge in [0.25, 0.3) is 5.69 Å². The van der Waals surface area contributed by atoms with Gasteiger partial charge < -0.3 is 24.8 Å². The second-order valence-corrected chi connectivity index (χ2v) is 12.1. The average Bonchev–Trinajstić information content (AvgIpc) is 3.11. The van der Waals surface area contributed by atoms with E-state index in [1.54, 1.807) is 12.1 Å². The summed E-state index contributed by atoms with van der Waals surface area (Å²) < 4.78 is 13.2. The number of nitrogens with one attached hydrogen (secondary N) is 1. The molecule has 0 aliphatic carbocycles. The molecule has 10 nitrogen and oxygen atoms in total. The van der Waals surface area contributed by atoms with Gasteiger partial charge in [0, 0.05) is 76.0 Å². The van der Waals surface area contributed by atoms with Crippen molar-refractivity contribution >= 4 is 17.3 Å². The molecule has 4 aromatic carbocycles. The predicted molar refractivity (Wildman–Crippen MR) is 180 cm³/mol. The molecule has 2 aliphatic heterocycles. The quantitative estimate of drug-likeness (QED) is 0.167.